The van der Waals surface area contributed by atoms with Gasteiger partial charge in [-0.15, -0.1) is 11.3 Å². The monoisotopic (exact) mass is 408 g/mol. The Morgan fingerprint density at radius 2 is 2.31 bits per heavy atom. The van der Waals surface area contributed by atoms with Crippen molar-refractivity contribution in [3.8, 4) is 16.5 Å². The third kappa shape index (κ3) is 4.32. The first kappa shape index (κ1) is 18.6. The number of halogens is 1. The fraction of sp³-hybridized carbons (Fsp3) is 0.235. The smallest absolute Gasteiger partial charge is 0.243 e. The summed E-state index contributed by atoms with van der Waals surface area (Å²) in [6.07, 6.45) is 0. The molecule has 2 N–H and O–H groups in total. The van der Waals surface area contributed by atoms with Crippen LogP contribution in [-0.4, -0.2) is 33.8 Å². The molecule has 3 aromatic rings. The predicted octanol–water partition coefficient (Wildman–Crippen LogP) is 4.08. The first-order valence-electron chi connectivity index (χ1n) is 7.93. The Hall–Kier alpha value is -2.16. The van der Waals surface area contributed by atoms with Gasteiger partial charge in [-0.25, -0.2) is 0 Å². The van der Waals surface area contributed by atoms with E-state index in [-0.39, 0.29) is 5.91 Å². The Morgan fingerprint density at radius 3 is 3.04 bits per heavy atom. The number of thiophene rings is 1. The van der Waals surface area contributed by atoms with Gasteiger partial charge in [0.2, 0.25) is 5.91 Å². The molecule has 0 aliphatic rings. The van der Waals surface area contributed by atoms with E-state index in [9.17, 15) is 4.79 Å². The van der Waals surface area contributed by atoms with Crippen LogP contribution < -0.4 is 10.1 Å². The fourth-order valence-corrected chi connectivity index (χ4v) is 3.59. The third-order valence-electron chi connectivity index (χ3n) is 3.68. The van der Waals surface area contributed by atoms with Crippen LogP contribution in [-0.2, 0) is 4.79 Å². The molecule has 136 valence electrons. The average Bonchev–Trinajstić information content (AvgIpc) is 3.27. The molecule has 0 fully saturated rings. The molecule has 0 bridgehead atoms. The molecule has 0 radical (unpaired) electrons. The molecule has 2 aromatic heterocycles. The summed E-state index contributed by atoms with van der Waals surface area (Å²) in [6.45, 7) is 2.50. The molecule has 1 amide bonds. The maximum Gasteiger partial charge on any atom is 0.243 e. The van der Waals surface area contributed by atoms with Crippen LogP contribution in [0.2, 0.25) is 5.02 Å². The Kier molecular flexibility index (Phi) is 6.08. The lowest BCUT2D eigenvalue weighted by Crippen LogP contribution is -2.34. The van der Waals surface area contributed by atoms with Crippen molar-refractivity contribution < 1.29 is 9.53 Å². The van der Waals surface area contributed by atoms with Crippen LogP contribution in [0.15, 0.2) is 41.8 Å². The van der Waals surface area contributed by atoms with Gasteiger partial charge < -0.3 is 10.1 Å². The lowest BCUT2D eigenvalue weighted by atomic mass is 10.3. The van der Waals surface area contributed by atoms with Crippen molar-refractivity contribution in [3.63, 3.8) is 0 Å². The highest BCUT2D eigenvalue weighted by atomic mass is 35.5. The van der Waals surface area contributed by atoms with Crippen LogP contribution in [0, 0.1) is 4.77 Å². The van der Waals surface area contributed by atoms with Gasteiger partial charge in [-0.3, -0.25) is 14.5 Å². The number of H-pyrrole nitrogens is 1. The van der Waals surface area contributed by atoms with Gasteiger partial charge in [0.05, 0.1) is 11.4 Å². The Balaban J connectivity index is 1.59. The van der Waals surface area contributed by atoms with Crippen LogP contribution in [0.1, 0.15) is 13.0 Å². The maximum atomic E-state index is 12.5. The number of ether oxygens (including phenoxy) is 1. The zero-order chi connectivity index (χ0) is 18.5. The SMILES string of the molecule is CC(C(=O)NCCOc1cccc(Cl)c1)n1c(-c2cccs2)n[nH]c1=S. The van der Waals surface area contributed by atoms with E-state index in [0.29, 0.717) is 34.5 Å². The molecule has 0 aliphatic heterocycles. The third-order valence-corrected chi connectivity index (χ3v) is 5.07. The zero-order valence-corrected chi connectivity index (χ0v) is 16.3. The number of carbonyl (C=O) groups excluding carboxylic acids is 1. The maximum absolute atomic E-state index is 12.5. The van der Waals surface area contributed by atoms with Crippen molar-refractivity contribution in [2.75, 3.05) is 13.2 Å². The van der Waals surface area contributed by atoms with E-state index >= 15 is 0 Å². The van der Waals surface area contributed by atoms with Gasteiger partial charge in [-0.1, -0.05) is 23.7 Å². The van der Waals surface area contributed by atoms with Crippen molar-refractivity contribution in [2.24, 2.45) is 0 Å². The van der Waals surface area contributed by atoms with Gasteiger partial charge in [0, 0.05) is 5.02 Å². The molecule has 26 heavy (non-hydrogen) atoms. The molecular weight excluding hydrogens is 392 g/mol. The van der Waals surface area contributed by atoms with Crippen LogP contribution in [0.5, 0.6) is 5.75 Å². The predicted molar refractivity (Wildman–Crippen MR) is 105 cm³/mol. The first-order chi connectivity index (χ1) is 12.6. The fourth-order valence-electron chi connectivity index (χ4n) is 2.41. The van der Waals surface area contributed by atoms with E-state index in [4.69, 9.17) is 28.6 Å². The van der Waals surface area contributed by atoms with Gasteiger partial charge >= 0.3 is 0 Å². The molecule has 1 unspecified atom stereocenters. The Morgan fingerprint density at radius 1 is 1.46 bits per heavy atom. The molecule has 0 saturated heterocycles. The zero-order valence-electron chi connectivity index (χ0n) is 13.9. The first-order valence-corrected chi connectivity index (χ1v) is 9.59. The minimum Gasteiger partial charge on any atom is -0.492 e. The van der Waals surface area contributed by atoms with Crippen LogP contribution in [0.3, 0.4) is 0 Å². The number of hydrogen-bond donors (Lipinski definition) is 2. The molecule has 3 rings (SSSR count). The molecule has 0 spiro atoms. The molecule has 0 saturated carbocycles. The Labute approximate surface area is 164 Å². The molecule has 2 heterocycles. The van der Waals surface area contributed by atoms with E-state index in [0.717, 1.165) is 4.88 Å². The van der Waals surface area contributed by atoms with Gasteiger partial charge in [-0.05, 0) is 48.8 Å². The van der Waals surface area contributed by atoms with E-state index < -0.39 is 6.04 Å². The second-order valence-electron chi connectivity index (χ2n) is 5.47. The van der Waals surface area contributed by atoms with Crippen molar-refractivity contribution >= 4 is 41.1 Å². The molecular formula is C17H17ClN4O2S2. The summed E-state index contributed by atoms with van der Waals surface area (Å²) in [6, 6.07) is 10.5. The normalized spacial score (nSPS) is 11.9. The van der Waals surface area contributed by atoms with Crippen LogP contribution >= 0.6 is 35.2 Å². The highest BCUT2D eigenvalue weighted by Gasteiger charge is 2.21. The van der Waals surface area contributed by atoms with Gasteiger partial charge in [0.15, 0.2) is 10.6 Å². The topological polar surface area (TPSA) is 71.9 Å². The summed E-state index contributed by atoms with van der Waals surface area (Å²) in [5.74, 6) is 1.16. The Bertz CT molecular complexity index is 936. The lowest BCUT2D eigenvalue weighted by Gasteiger charge is -2.15. The number of nitrogens with one attached hydrogen (secondary N) is 2. The summed E-state index contributed by atoms with van der Waals surface area (Å²) in [5, 5.41) is 12.4. The average molecular weight is 409 g/mol. The highest BCUT2D eigenvalue weighted by molar-refractivity contribution is 7.71. The summed E-state index contributed by atoms with van der Waals surface area (Å²) in [4.78, 5) is 13.4. The van der Waals surface area contributed by atoms with Gasteiger partial charge in [0.25, 0.3) is 0 Å². The van der Waals surface area contributed by atoms with E-state index in [1.165, 1.54) is 0 Å². The summed E-state index contributed by atoms with van der Waals surface area (Å²) in [7, 11) is 0. The second kappa shape index (κ2) is 8.48. The molecule has 6 nitrogen and oxygen atoms in total. The number of benzene rings is 1. The van der Waals surface area contributed by atoms with Crippen molar-refractivity contribution in [1.29, 1.82) is 0 Å². The summed E-state index contributed by atoms with van der Waals surface area (Å²) in [5.41, 5.74) is 0. The minimum absolute atomic E-state index is 0.157. The number of rotatable bonds is 7. The van der Waals surface area contributed by atoms with Gasteiger partial charge in [0.1, 0.15) is 18.4 Å². The number of aromatic amines is 1. The van der Waals surface area contributed by atoms with Crippen LogP contribution in [0.25, 0.3) is 10.7 Å². The van der Waals surface area contributed by atoms with E-state index in [1.54, 1.807) is 35.0 Å². The molecule has 9 heteroatoms. The highest BCUT2D eigenvalue weighted by Crippen LogP contribution is 2.25. The molecule has 1 aromatic carbocycles. The number of amides is 1. The molecule has 0 aliphatic carbocycles. The van der Waals surface area contributed by atoms with E-state index in [1.807, 2.05) is 29.6 Å². The van der Waals surface area contributed by atoms with Crippen LogP contribution in [0.4, 0.5) is 0 Å². The standard InChI is InChI=1S/C17H17ClN4O2S2/c1-11(22-15(20-21-17(22)25)14-6-3-9-26-14)16(23)19-7-8-24-13-5-2-4-12(18)10-13/h2-6,9-11H,7-8H2,1H3,(H,19,23)(H,21,25). The van der Waals surface area contributed by atoms with E-state index in [2.05, 4.69) is 15.5 Å². The number of hydrogen-bond acceptors (Lipinski definition) is 5. The number of aromatic nitrogens is 3. The summed E-state index contributed by atoms with van der Waals surface area (Å²) < 4.78 is 7.70. The van der Waals surface area contributed by atoms with Crippen molar-refractivity contribution in [1.82, 2.24) is 20.1 Å². The minimum atomic E-state index is -0.496. The number of carbonyl (C=O) groups is 1. The van der Waals surface area contributed by atoms with Crippen molar-refractivity contribution in [3.05, 3.63) is 51.6 Å². The molecule has 1 atom stereocenters. The summed E-state index contributed by atoms with van der Waals surface area (Å²) >= 11 is 12.7. The largest absolute Gasteiger partial charge is 0.492 e. The van der Waals surface area contributed by atoms with Gasteiger partial charge in [-0.2, -0.15) is 5.10 Å². The van der Waals surface area contributed by atoms with Crippen molar-refractivity contribution in [2.45, 2.75) is 13.0 Å². The number of nitrogens with zero attached hydrogens (tertiary/aromatic N) is 2. The quantitative estimate of drug-likeness (QED) is 0.456. The lowest BCUT2D eigenvalue weighted by molar-refractivity contribution is -0.123. The second-order valence-corrected chi connectivity index (χ2v) is 7.24.